The molecular weight excluding hydrogens is 288 g/mol. The van der Waals surface area contributed by atoms with Gasteiger partial charge in [-0.3, -0.25) is 4.79 Å². The summed E-state index contributed by atoms with van der Waals surface area (Å²) in [6.45, 7) is 4.33. The molecule has 0 bridgehead atoms. The monoisotopic (exact) mass is 304 g/mol. The number of amides is 1. The summed E-state index contributed by atoms with van der Waals surface area (Å²) >= 11 is 1.29. The maximum Gasteiger partial charge on any atom is 0.355 e. The fourth-order valence-electron chi connectivity index (χ4n) is 2.01. The zero-order valence-corrected chi connectivity index (χ0v) is 12.7. The molecule has 2 aromatic rings. The lowest BCUT2D eigenvalue weighted by molar-refractivity contribution is 0.0690. The van der Waals surface area contributed by atoms with Gasteiger partial charge < -0.3 is 10.4 Å². The quantitative estimate of drug-likeness (QED) is 0.889. The Labute approximate surface area is 126 Å². The zero-order chi connectivity index (χ0) is 15.4. The molecule has 0 saturated carbocycles. The molecule has 2 rings (SSSR count). The first-order valence-electron chi connectivity index (χ1n) is 6.50. The molecule has 1 aromatic carbocycles. The molecule has 110 valence electrons. The van der Waals surface area contributed by atoms with Crippen molar-refractivity contribution in [3.8, 4) is 0 Å². The van der Waals surface area contributed by atoms with Crippen molar-refractivity contribution in [3.05, 3.63) is 51.0 Å². The molecule has 2 N–H and O–H groups in total. The summed E-state index contributed by atoms with van der Waals surface area (Å²) in [4.78, 5) is 26.7. The van der Waals surface area contributed by atoms with Gasteiger partial charge >= 0.3 is 5.97 Å². The van der Waals surface area contributed by atoms with Crippen molar-refractivity contribution in [2.75, 3.05) is 6.54 Å². The predicted octanol–water partition coefficient (Wildman–Crippen LogP) is 2.43. The van der Waals surface area contributed by atoms with Gasteiger partial charge in [-0.15, -0.1) is 11.3 Å². The summed E-state index contributed by atoms with van der Waals surface area (Å²) in [7, 11) is 0. The van der Waals surface area contributed by atoms with Gasteiger partial charge in [0.25, 0.3) is 5.91 Å². The number of nitrogens with one attached hydrogen (secondary N) is 1. The molecule has 0 aliphatic rings. The van der Waals surface area contributed by atoms with Gasteiger partial charge in [-0.1, -0.05) is 17.2 Å². The first kappa shape index (κ1) is 15.2. The van der Waals surface area contributed by atoms with E-state index >= 15 is 0 Å². The molecule has 1 heterocycles. The summed E-state index contributed by atoms with van der Waals surface area (Å²) in [6.07, 6.45) is 0.522. The zero-order valence-electron chi connectivity index (χ0n) is 11.8. The Morgan fingerprint density at radius 2 is 1.90 bits per heavy atom. The van der Waals surface area contributed by atoms with Gasteiger partial charge in [0.15, 0.2) is 5.69 Å². The highest BCUT2D eigenvalue weighted by Crippen LogP contribution is 2.11. The minimum atomic E-state index is -1.03. The van der Waals surface area contributed by atoms with Gasteiger partial charge in [0.2, 0.25) is 0 Å². The van der Waals surface area contributed by atoms with Gasteiger partial charge in [0.1, 0.15) is 0 Å². The number of aromatic nitrogens is 1. The molecule has 0 aliphatic carbocycles. The standard InChI is InChI=1S/C15H16N2O3S/c1-9-5-10(2)7-11(6-9)14(18)16-4-3-13-17-12(8-21-13)15(19)20/h5-8H,3-4H2,1-2H3,(H,16,18)(H,19,20). The van der Waals surface area contributed by atoms with Crippen molar-refractivity contribution in [1.82, 2.24) is 10.3 Å². The van der Waals surface area contributed by atoms with Crippen LogP contribution in [0.2, 0.25) is 0 Å². The third kappa shape index (κ3) is 4.13. The van der Waals surface area contributed by atoms with E-state index in [-0.39, 0.29) is 11.6 Å². The minimum absolute atomic E-state index is 0.0515. The van der Waals surface area contributed by atoms with E-state index in [2.05, 4.69) is 10.3 Å². The van der Waals surface area contributed by atoms with Crippen LogP contribution in [0.3, 0.4) is 0 Å². The van der Waals surface area contributed by atoms with Crippen molar-refractivity contribution in [2.24, 2.45) is 0 Å². The summed E-state index contributed by atoms with van der Waals surface area (Å²) in [5.74, 6) is -1.16. The maximum absolute atomic E-state index is 12.0. The Hall–Kier alpha value is -2.21. The first-order chi connectivity index (χ1) is 9.95. The van der Waals surface area contributed by atoms with Gasteiger partial charge in [-0.25, -0.2) is 9.78 Å². The van der Waals surface area contributed by atoms with Crippen LogP contribution in [0.4, 0.5) is 0 Å². The number of hydrogen-bond donors (Lipinski definition) is 2. The van der Waals surface area contributed by atoms with Gasteiger partial charge in [0.05, 0.1) is 5.01 Å². The Morgan fingerprint density at radius 1 is 1.24 bits per heavy atom. The van der Waals surface area contributed by atoms with Crippen LogP contribution in [-0.2, 0) is 6.42 Å². The Kier molecular flexibility index (Phi) is 4.70. The molecule has 0 radical (unpaired) electrons. The molecule has 0 aliphatic heterocycles. The summed E-state index contributed by atoms with van der Waals surface area (Å²) in [5, 5.41) is 13.8. The van der Waals surface area contributed by atoms with Crippen molar-refractivity contribution in [3.63, 3.8) is 0 Å². The van der Waals surface area contributed by atoms with Crippen molar-refractivity contribution in [1.29, 1.82) is 0 Å². The number of aromatic carboxylic acids is 1. The fourth-order valence-corrected chi connectivity index (χ4v) is 2.79. The highest BCUT2D eigenvalue weighted by molar-refractivity contribution is 7.09. The number of rotatable bonds is 5. The molecule has 0 atom stereocenters. The second-order valence-corrected chi connectivity index (χ2v) is 5.76. The van der Waals surface area contributed by atoms with E-state index in [4.69, 9.17) is 5.11 Å². The molecule has 6 heteroatoms. The van der Waals surface area contributed by atoms with E-state index in [1.54, 1.807) is 0 Å². The van der Waals surface area contributed by atoms with Crippen molar-refractivity contribution in [2.45, 2.75) is 20.3 Å². The number of carbonyl (C=O) groups is 2. The number of nitrogens with zero attached hydrogens (tertiary/aromatic N) is 1. The van der Waals surface area contributed by atoms with Crippen LogP contribution in [0.25, 0.3) is 0 Å². The lowest BCUT2D eigenvalue weighted by Crippen LogP contribution is -2.25. The summed E-state index contributed by atoms with van der Waals surface area (Å²) < 4.78 is 0. The smallest absolute Gasteiger partial charge is 0.355 e. The molecule has 21 heavy (non-hydrogen) atoms. The second kappa shape index (κ2) is 6.49. The second-order valence-electron chi connectivity index (χ2n) is 4.81. The maximum atomic E-state index is 12.0. The Morgan fingerprint density at radius 3 is 2.48 bits per heavy atom. The topological polar surface area (TPSA) is 79.3 Å². The first-order valence-corrected chi connectivity index (χ1v) is 7.38. The van der Waals surface area contributed by atoms with Gasteiger partial charge in [-0.05, 0) is 26.0 Å². The molecule has 1 aromatic heterocycles. The largest absolute Gasteiger partial charge is 0.476 e. The number of aryl methyl sites for hydroxylation is 2. The van der Waals surface area contributed by atoms with Crippen LogP contribution in [-0.4, -0.2) is 28.5 Å². The Balaban J connectivity index is 1.90. The lowest BCUT2D eigenvalue weighted by Gasteiger charge is -2.06. The third-order valence-corrected chi connectivity index (χ3v) is 3.79. The van der Waals surface area contributed by atoms with E-state index in [1.165, 1.54) is 16.7 Å². The highest BCUT2D eigenvalue weighted by Gasteiger charge is 2.10. The average molecular weight is 304 g/mol. The van der Waals surface area contributed by atoms with E-state index in [0.717, 1.165) is 11.1 Å². The van der Waals surface area contributed by atoms with Crippen molar-refractivity contribution < 1.29 is 14.7 Å². The van der Waals surface area contributed by atoms with Crippen LogP contribution in [0.5, 0.6) is 0 Å². The molecule has 5 nitrogen and oxygen atoms in total. The number of benzene rings is 1. The van der Waals surface area contributed by atoms with Crippen LogP contribution in [0, 0.1) is 13.8 Å². The van der Waals surface area contributed by atoms with Crippen LogP contribution >= 0.6 is 11.3 Å². The number of hydrogen-bond acceptors (Lipinski definition) is 4. The average Bonchev–Trinajstić information content (AvgIpc) is 2.86. The molecule has 1 amide bonds. The highest BCUT2D eigenvalue weighted by atomic mass is 32.1. The SMILES string of the molecule is Cc1cc(C)cc(C(=O)NCCc2nc(C(=O)O)cs2)c1. The van der Waals surface area contributed by atoms with Gasteiger partial charge in [-0.2, -0.15) is 0 Å². The van der Waals surface area contributed by atoms with E-state index in [0.29, 0.717) is 23.5 Å². The van der Waals surface area contributed by atoms with Crippen LogP contribution in [0.1, 0.15) is 37.0 Å². The van der Waals surface area contributed by atoms with Crippen LogP contribution < -0.4 is 5.32 Å². The Bertz CT molecular complexity index is 659. The number of thiazole rings is 1. The number of carboxylic acids is 1. The molecular formula is C15H16N2O3S. The number of carbonyl (C=O) groups excluding carboxylic acids is 1. The number of carboxylic acid groups (broad SMARTS) is 1. The summed E-state index contributed by atoms with van der Waals surface area (Å²) in [6, 6.07) is 5.70. The van der Waals surface area contributed by atoms with E-state index in [9.17, 15) is 9.59 Å². The van der Waals surface area contributed by atoms with Crippen molar-refractivity contribution >= 4 is 23.2 Å². The minimum Gasteiger partial charge on any atom is -0.476 e. The summed E-state index contributed by atoms with van der Waals surface area (Å²) in [5.41, 5.74) is 2.78. The molecule has 0 fully saturated rings. The normalized spacial score (nSPS) is 10.4. The van der Waals surface area contributed by atoms with E-state index in [1.807, 2.05) is 32.0 Å². The third-order valence-electron chi connectivity index (χ3n) is 2.88. The lowest BCUT2D eigenvalue weighted by atomic mass is 10.1. The molecule has 0 unspecified atom stereocenters. The van der Waals surface area contributed by atoms with Crippen LogP contribution in [0.15, 0.2) is 23.6 Å². The van der Waals surface area contributed by atoms with Gasteiger partial charge in [0, 0.05) is 23.9 Å². The molecule has 0 spiro atoms. The van der Waals surface area contributed by atoms with E-state index < -0.39 is 5.97 Å². The fraction of sp³-hybridized carbons (Fsp3) is 0.267. The molecule has 0 saturated heterocycles. The predicted molar refractivity (Wildman–Crippen MR) is 81.0 cm³/mol.